The van der Waals surface area contributed by atoms with E-state index in [9.17, 15) is 0 Å². The average molecular weight is 296 g/mol. The number of hydrogen-bond donors (Lipinski definition) is 2. The molecule has 0 saturated carbocycles. The van der Waals surface area contributed by atoms with Crippen LogP contribution in [0.3, 0.4) is 0 Å². The van der Waals surface area contributed by atoms with Crippen LogP contribution in [0.25, 0.3) is 0 Å². The van der Waals surface area contributed by atoms with Crippen LogP contribution in [-0.2, 0) is 19.4 Å². The standard InChI is InChI=1S/C17H20N4O/c1-22-16-7-8-19-10-14(16)11-20-17(18)21-15-6-5-12-3-2-4-13(12)9-15/h5-10H,2-4,11H2,1H3,(H3,18,20,21). The summed E-state index contributed by atoms with van der Waals surface area (Å²) in [6.07, 6.45) is 7.00. The molecule has 3 N–H and O–H groups in total. The molecule has 1 heterocycles. The minimum absolute atomic E-state index is 0.392. The van der Waals surface area contributed by atoms with Crippen molar-refractivity contribution in [3.8, 4) is 5.75 Å². The van der Waals surface area contributed by atoms with Crippen LogP contribution in [0.15, 0.2) is 41.7 Å². The third-order valence-corrected chi connectivity index (χ3v) is 3.87. The maximum Gasteiger partial charge on any atom is 0.193 e. The second kappa shape index (κ2) is 6.47. The molecule has 5 heteroatoms. The molecule has 114 valence electrons. The predicted molar refractivity (Wildman–Crippen MR) is 88.2 cm³/mol. The summed E-state index contributed by atoms with van der Waals surface area (Å²) in [6.45, 7) is 0.431. The first kappa shape index (κ1) is 14.4. The van der Waals surface area contributed by atoms with Gasteiger partial charge in [-0.05, 0) is 48.6 Å². The van der Waals surface area contributed by atoms with Gasteiger partial charge in [-0.1, -0.05) is 6.07 Å². The van der Waals surface area contributed by atoms with Gasteiger partial charge in [-0.15, -0.1) is 0 Å². The Hall–Kier alpha value is -2.56. The van der Waals surface area contributed by atoms with Crippen LogP contribution < -0.4 is 15.8 Å². The SMILES string of the molecule is COc1ccncc1CN=C(N)Nc1ccc2c(c1)CCC2. The number of nitrogens with two attached hydrogens (primary N) is 1. The van der Waals surface area contributed by atoms with Gasteiger partial charge in [0.15, 0.2) is 5.96 Å². The summed E-state index contributed by atoms with van der Waals surface area (Å²) in [5.74, 6) is 1.16. The molecule has 0 fully saturated rings. The number of rotatable bonds is 4. The van der Waals surface area contributed by atoms with Gasteiger partial charge in [-0.25, -0.2) is 4.99 Å². The highest BCUT2D eigenvalue weighted by Crippen LogP contribution is 2.24. The summed E-state index contributed by atoms with van der Waals surface area (Å²) in [5, 5.41) is 3.15. The van der Waals surface area contributed by atoms with E-state index in [0.717, 1.165) is 23.4 Å². The lowest BCUT2D eigenvalue weighted by Gasteiger charge is -2.09. The Morgan fingerprint density at radius 2 is 2.18 bits per heavy atom. The Labute approximate surface area is 130 Å². The van der Waals surface area contributed by atoms with Crippen LogP contribution in [0.5, 0.6) is 5.75 Å². The molecule has 0 unspecified atom stereocenters. The van der Waals surface area contributed by atoms with Gasteiger partial charge < -0.3 is 15.8 Å². The number of methoxy groups -OCH3 is 1. The molecule has 0 aliphatic heterocycles. The number of aromatic nitrogens is 1. The minimum Gasteiger partial charge on any atom is -0.496 e. The number of nitrogens with zero attached hydrogens (tertiary/aromatic N) is 2. The van der Waals surface area contributed by atoms with Crippen molar-refractivity contribution in [2.75, 3.05) is 12.4 Å². The molecule has 1 aromatic carbocycles. The normalized spacial score (nSPS) is 13.8. The molecule has 1 aliphatic rings. The maximum atomic E-state index is 5.97. The van der Waals surface area contributed by atoms with E-state index in [1.165, 1.54) is 24.0 Å². The van der Waals surface area contributed by atoms with Gasteiger partial charge in [0, 0.05) is 23.6 Å². The first-order valence-corrected chi connectivity index (χ1v) is 7.42. The molecular weight excluding hydrogens is 276 g/mol. The van der Waals surface area contributed by atoms with E-state index in [0.29, 0.717) is 12.5 Å². The highest BCUT2D eigenvalue weighted by molar-refractivity contribution is 5.92. The fourth-order valence-corrected chi connectivity index (χ4v) is 2.74. The van der Waals surface area contributed by atoms with E-state index in [1.807, 2.05) is 6.07 Å². The van der Waals surface area contributed by atoms with Gasteiger partial charge in [0.25, 0.3) is 0 Å². The Kier molecular flexibility index (Phi) is 4.23. The van der Waals surface area contributed by atoms with E-state index >= 15 is 0 Å². The van der Waals surface area contributed by atoms with E-state index < -0.39 is 0 Å². The Bertz CT molecular complexity index is 697. The van der Waals surface area contributed by atoms with Gasteiger partial charge in [0.05, 0.1) is 13.7 Å². The van der Waals surface area contributed by atoms with Crippen molar-refractivity contribution in [2.24, 2.45) is 10.7 Å². The molecule has 5 nitrogen and oxygen atoms in total. The van der Waals surface area contributed by atoms with E-state index in [4.69, 9.17) is 10.5 Å². The third kappa shape index (κ3) is 3.19. The second-order valence-corrected chi connectivity index (χ2v) is 5.35. The summed E-state index contributed by atoms with van der Waals surface area (Å²) >= 11 is 0. The molecule has 0 amide bonds. The van der Waals surface area contributed by atoms with Crippen molar-refractivity contribution in [2.45, 2.75) is 25.8 Å². The van der Waals surface area contributed by atoms with Crippen molar-refractivity contribution < 1.29 is 4.74 Å². The van der Waals surface area contributed by atoms with Crippen LogP contribution in [0, 0.1) is 0 Å². The Morgan fingerprint density at radius 3 is 3.05 bits per heavy atom. The van der Waals surface area contributed by atoms with E-state index in [2.05, 4.69) is 33.5 Å². The molecule has 0 atom stereocenters. The average Bonchev–Trinajstić information content (AvgIpc) is 3.01. The highest BCUT2D eigenvalue weighted by atomic mass is 16.5. The maximum absolute atomic E-state index is 5.97. The van der Waals surface area contributed by atoms with Crippen molar-refractivity contribution in [1.82, 2.24) is 4.98 Å². The number of ether oxygens (including phenoxy) is 1. The summed E-state index contributed by atoms with van der Waals surface area (Å²) in [6, 6.07) is 8.20. The van der Waals surface area contributed by atoms with Crippen molar-refractivity contribution in [1.29, 1.82) is 0 Å². The van der Waals surface area contributed by atoms with Gasteiger partial charge in [0.1, 0.15) is 5.75 Å². The monoisotopic (exact) mass is 296 g/mol. The smallest absolute Gasteiger partial charge is 0.193 e. The highest BCUT2D eigenvalue weighted by Gasteiger charge is 2.10. The molecule has 1 aromatic heterocycles. The first-order chi connectivity index (χ1) is 10.8. The molecule has 0 radical (unpaired) electrons. The van der Waals surface area contributed by atoms with Crippen LogP contribution >= 0.6 is 0 Å². The molecule has 0 spiro atoms. The topological polar surface area (TPSA) is 72.5 Å². The molecule has 0 saturated heterocycles. The van der Waals surface area contributed by atoms with Gasteiger partial charge >= 0.3 is 0 Å². The summed E-state index contributed by atoms with van der Waals surface area (Å²) in [4.78, 5) is 8.44. The number of aryl methyl sites for hydroxylation is 2. The van der Waals surface area contributed by atoms with Crippen molar-refractivity contribution in [3.05, 3.63) is 53.3 Å². The molecule has 0 bridgehead atoms. The van der Waals surface area contributed by atoms with Crippen LogP contribution in [-0.4, -0.2) is 18.1 Å². The number of anilines is 1. The predicted octanol–water partition coefficient (Wildman–Crippen LogP) is 2.51. The summed E-state index contributed by atoms with van der Waals surface area (Å²) < 4.78 is 5.28. The van der Waals surface area contributed by atoms with Gasteiger partial charge in [-0.2, -0.15) is 0 Å². The lowest BCUT2D eigenvalue weighted by molar-refractivity contribution is 0.409. The number of aliphatic imine (C=N–C) groups is 1. The van der Waals surface area contributed by atoms with Crippen LogP contribution in [0.2, 0.25) is 0 Å². The largest absolute Gasteiger partial charge is 0.496 e. The van der Waals surface area contributed by atoms with Gasteiger partial charge in [-0.3, -0.25) is 4.98 Å². The third-order valence-electron chi connectivity index (χ3n) is 3.87. The van der Waals surface area contributed by atoms with E-state index in [-0.39, 0.29) is 0 Å². The van der Waals surface area contributed by atoms with Crippen molar-refractivity contribution in [3.63, 3.8) is 0 Å². The Balaban J connectivity index is 1.67. The molecule has 2 aromatic rings. The second-order valence-electron chi connectivity index (χ2n) is 5.35. The number of guanidine groups is 1. The zero-order valence-electron chi connectivity index (χ0n) is 12.7. The number of fused-ring (bicyclic) bond motifs is 1. The number of benzene rings is 1. The number of hydrogen-bond acceptors (Lipinski definition) is 3. The lowest BCUT2D eigenvalue weighted by atomic mass is 10.1. The fourth-order valence-electron chi connectivity index (χ4n) is 2.74. The molecule has 3 rings (SSSR count). The Morgan fingerprint density at radius 1 is 1.32 bits per heavy atom. The minimum atomic E-state index is 0.392. The lowest BCUT2D eigenvalue weighted by Crippen LogP contribution is -2.22. The number of nitrogens with one attached hydrogen (secondary N) is 1. The molecular formula is C17H20N4O. The molecule has 1 aliphatic carbocycles. The van der Waals surface area contributed by atoms with Gasteiger partial charge in [0.2, 0.25) is 0 Å². The van der Waals surface area contributed by atoms with Crippen molar-refractivity contribution >= 4 is 11.6 Å². The summed E-state index contributed by atoms with van der Waals surface area (Å²) in [7, 11) is 1.63. The first-order valence-electron chi connectivity index (χ1n) is 7.42. The summed E-state index contributed by atoms with van der Waals surface area (Å²) in [5.41, 5.74) is 10.7. The number of pyridine rings is 1. The fraction of sp³-hybridized carbons (Fsp3) is 0.294. The van der Waals surface area contributed by atoms with Crippen LogP contribution in [0.1, 0.15) is 23.1 Å². The quantitative estimate of drug-likeness (QED) is 0.671. The van der Waals surface area contributed by atoms with Crippen LogP contribution in [0.4, 0.5) is 5.69 Å². The molecule has 22 heavy (non-hydrogen) atoms. The van der Waals surface area contributed by atoms with E-state index in [1.54, 1.807) is 19.5 Å². The zero-order valence-corrected chi connectivity index (χ0v) is 12.7. The zero-order chi connectivity index (χ0) is 15.4.